The molecular weight excluding hydrogens is 354 g/mol. The fourth-order valence-electron chi connectivity index (χ4n) is 3.05. The summed E-state index contributed by atoms with van der Waals surface area (Å²) in [5.41, 5.74) is 1.93. The van der Waals surface area contributed by atoms with E-state index in [9.17, 15) is 4.79 Å². The predicted octanol–water partition coefficient (Wildman–Crippen LogP) is 4.30. The molecule has 2 nitrogen and oxygen atoms in total. The fraction of sp³-hybridized carbons (Fsp3) is 0.667. The van der Waals surface area contributed by atoms with Gasteiger partial charge in [-0.3, -0.25) is 4.79 Å². The van der Waals surface area contributed by atoms with E-state index in [0.717, 1.165) is 5.57 Å². The molecule has 5 unspecified atom stereocenters. The number of allylic oxidation sites excluding steroid dienone is 2. The molecule has 0 aromatic heterocycles. The van der Waals surface area contributed by atoms with Crippen LogP contribution >= 0.6 is 46.4 Å². The van der Waals surface area contributed by atoms with E-state index < -0.39 is 16.1 Å². The van der Waals surface area contributed by atoms with E-state index in [1.54, 1.807) is 13.2 Å². The summed E-state index contributed by atoms with van der Waals surface area (Å²) in [7, 11) is 1.59. The van der Waals surface area contributed by atoms with Crippen molar-refractivity contribution in [2.24, 2.45) is 5.92 Å². The van der Waals surface area contributed by atoms with E-state index in [1.807, 2.05) is 13.8 Å². The van der Waals surface area contributed by atoms with Crippen LogP contribution in [0.5, 0.6) is 0 Å². The largest absolute Gasteiger partial charge is 0.376 e. The van der Waals surface area contributed by atoms with Gasteiger partial charge in [0.15, 0.2) is 5.78 Å². The first-order valence-corrected chi connectivity index (χ1v) is 8.62. The monoisotopic (exact) mass is 370 g/mol. The summed E-state index contributed by atoms with van der Waals surface area (Å²) in [5, 5.41) is -1.95. The summed E-state index contributed by atoms with van der Waals surface area (Å²) in [4.78, 5) is 12.8. The molecule has 0 fully saturated rings. The van der Waals surface area contributed by atoms with Crippen molar-refractivity contribution < 1.29 is 9.53 Å². The topological polar surface area (TPSA) is 26.3 Å². The Morgan fingerprint density at radius 1 is 1.14 bits per heavy atom. The number of alkyl halides is 4. The van der Waals surface area contributed by atoms with Crippen molar-refractivity contribution in [3.8, 4) is 0 Å². The van der Waals surface area contributed by atoms with Gasteiger partial charge < -0.3 is 4.74 Å². The molecular formula is C15H18Cl4O2. The van der Waals surface area contributed by atoms with Crippen molar-refractivity contribution >= 4 is 52.2 Å². The van der Waals surface area contributed by atoms with Gasteiger partial charge in [0.05, 0.1) is 27.6 Å². The minimum Gasteiger partial charge on any atom is -0.376 e. The molecule has 0 saturated carbocycles. The molecule has 2 rings (SSSR count). The average Bonchev–Trinajstić information content (AvgIpc) is 2.54. The van der Waals surface area contributed by atoms with Crippen molar-refractivity contribution in [1.82, 2.24) is 0 Å². The Kier molecular flexibility index (Phi) is 5.71. The molecule has 0 N–H and O–H groups in total. The van der Waals surface area contributed by atoms with Crippen LogP contribution in [-0.4, -0.2) is 40.5 Å². The number of halogens is 4. The number of carbonyl (C=O) groups excluding carboxylic acids is 1. The van der Waals surface area contributed by atoms with Crippen molar-refractivity contribution in [1.29, 1.82) is 0 Å². The van der Waals surface area contributed by atoms with Crippen LogP contribution in [0.4, 0.5) is 0 Å². The van der Waals surface area contributed by atoms with Crippen LogP contribution in [0.2, 0.25) is 0 Å². The zero-order valence-electron chi connectivity index (χ0n) is 12.1. The number of rotatable bonds is 1. The molecule has 2 aliphatic rings. The molecule has 118 valence electrons. The van der Waals surface area contributed by atoms with Crippen LogP contribution in [0.15, 0.2) is 22.8 Å². The van der Waals surface area contributed by atoms with Crippen molar-refractivity contribution in [2.75, 3.05) is 7.11 Å². The Labute approximate surface area is 145 Å². The molecule has 0 aromatic carbocycles. The lowest BCUT2D eigenvalue weighted by Gasteiger charge is -2.31. The van der Waals surface area contributed by atoms with Gasteiger partial charge in [-0.15, -0.1) is 46.4 Å². The maximum Gasteiger partial charge on any atom is 0.188 e. The highest BCUT2D eigenvalue weighted by Crippen LogP contribution is 2.45. The number of ether oxygens (including phenoxy) is 1. The standard InChI is InChI=1S/C15H18Cl4O2/c1-4-7-9(21-3)5-8-10(15(7)20)13(18)14(19)12(17)6(2)11(8)16/h4,6,9,11-14H,5H2,1-3H3/b7-4+/t6?,9?,11?,12?,13-,14?/m1/s1. The Balaban J connectivity index is 2.58. The molecule has 0 amide bonds. The first-order valence-electron chi connectivity index (χ1n) is 6.88. The Hall–Kier alpha value is 0.270. The third-order valence-corrected chi connectivity index (χ3v) is 6.96. The second-order valence-corrected chi connectivity index (χ2v) is 7.44. The van der Waals surface area contributed by atoms with E-state index >= 15 is 0 Å². The van der Waals surface area contributed by atoms with Crippen LogP contribution in [0.25, 0.3) is 0 Å². The normalized spacial score (nSPS) is 43.0. The lowest BCUT2D eigenvalue weighted by Crippen LogP contribution is -2.35. The molecule has 6 heteroatoms. The summed E-state index contributed by atoms with van der Waals surface area (Å²) in [5.74, 6) is -0.207. The second-order valence-electron chi connectivity index (χ2n) is 5.49. The number of hydrogen-bond acceptors (Lipinski definition) is 2. The van der Waals surface area contributed by atoms with Gasteiger partial charge in [-0.2, -0.15) is 0 Å². The highest BCUT2D eigenvalue weighted by molar-refractivity contribution is 6.39. The van der Waals surface area contributed by atoms with Gasteiger partial charge in [-0.05, 0) is 18.4 Å². The Bertz CT molecular complexity index is 500. The highest BCUT2D eigenvalue weighted by Gasteiger charge is 2.46. The van der Waals surface area contributed by atoms with Gasteiger partial charge in [0, 0.05) is 24.7 Å². The summed E-state index contributed by atoms with van der Waals surface area (Å²) in [6, 6.07) is 0. The predicted molar refractivity (Wildman–Crippen MR) is 88.9 cm³/mol. The molecule has 0 heterocycles. The van der Waals surface area contributed by atoms with E-state index in [4.69, 9.17) is 51.1 Å². The lowest BCUT2D eigenvalue weighted by atomic mass is 9.81. The molecule has 0 bridgehead atoms. The lowest BCUT2D eigenvalue weighted by molar-refractivity contribution is -0.114. The van der Waals surface area contributed by atoms with E-state index in [1.165, 1.54) is 0 Å². The average molecular weight is 372 g/mol. The van der Waals surface area contributed by atoms with Crippen LogP contribution < -0.4 is 0 Å². The quantitative estimate of drug-likeness (QED) is 0.507. The Morgan fingerprint density at radius 3 is 2.29 bits per heavy atom. The molecule has 2 aliphatic carbocycles. The van der Waals surface area contributed by atoms with Crippen molar-refractivity contribution in [2.45, 2.75) is 47.9 Å². The minimum absolute atomic E-state index is 0.0814. The zero-order valence-corrected chi connectivity index (χ0v) is 15.1. The third kappa shape index (κ3) is 2.90. The number of carbonyl (C=O) groups is 1. The minimum atomic E-state index is -0.643. The number of hydrogen-bond donors (Lipinski definition) is 0. The first kappa shape index (κ1) is 17.6. The summed E-state index contributed by atoms with van der Waals surface area (Å²) in [6.07, 6.45) is 2.02. The van der Waals surface area contributed by atoms with Gasteiger partial charge in [-0.25, -0.2) is 0 Å². The molecule has 6 atom stereocenters. The molecule has 0 saturated heterocycles. The number of ketones is 1. The van der Waals surface area contributed by atoms with Crippen LogP contribution in [0, 0.1) is 5.92 Å². The van der Waals surface area contributed by atoms with Gasteiger partial charge in [0.25, 0.3) is 0 Å². The summed E-state index contributed by atoms with van der Waals surface area (Å²) in [6.45, 7) is 3.75. The highest BCUT2D eigenvalue weighted by atomic mass is 35.5. The molecule has 0 aromatic rings. The van der Waals surface area contributed by atoms with Gasteiger partial charge in [-0.1, -0.05) is 13.0 Å². The maximum absolute atomic E-state index is 12.8. The SMILES string of the molecule is C/C=C1/C(=O)C2=C(CC1OC)C(Cl)C(C)C(Cl)C(Cl)[C@@H]2Cl. The smallest absolute Gasteiger partial charge is 0.188 e. The second kappa shape index (κ2) is 6.80. The zero-order chi connectivity index (χ0) is 15.9. The van der Waals surface area contributed by atoms with Crippen molar-refractivity contribution in [3.05, 3.63) is 22.8 Å². The van der Waals surface area contributed by atoms with E-state index in [-0.39, 0.29) is 23.2 Å². The van der Waals surface area contributed by atoms with Gasteiger partial charge >= 0.3 is 0 Å². The van der Waals surface area contributed by atoms with Crippen LogP contribution in [0.3, 0.4) is 0 Å². The summed E-state index contributed by atoms with van der Waals surface area (Å²) < 4.78 is 5.44. The van der Waals surface area contributed by atoms with Gasteiger partial charge in [0.1, 0.15) is 0 Å². The van der Waals surface area contributed by atoms with Gasteiger partial charge in [0.2, 0.25) is 0 Å². The first-order chi connectivity index (χ1) is 9.84. The van der Waals surface area contributed by atoms with Crippen LogP contribution in [0.1, 0.15) is 20.3 Å². The third-order valence-electron chi connectivity index (χ3n) is 4.36. The number of methoxy groups -OCH3 is 1. The molecule has 21 heavy (non-hydrogen) atoms. The molecule has 0 spiro atoms. The fourth-order valence-corrected chi connectivity index (χ4v) is 4.60. The molecule has 0 aliphatic heterocycles. The van der Waals surface area contributed by atoms with E-state index in [0.29, 0.717) is 17.6 Å². The Morgan fingerprint density at radius 2 is 1.76 bits per heavy atom. The summed E-state index contributed by atoms with van der Waals surface area (Å²) >= 11 is 25.8. The van der Waals surface area contributed by atoms with Crippen molar-refractivity contribution in [3.63, 3.8) is 0 Å². The van der Waals surface area contributed by atoms with Crippen LogP contribution in [-0.2, 0) is 9.53 Å². The molecule has 0 radical (unpaired) electrons. The number of Topliss-reactive ketones (excluding diaryl/α,β-unsaturated/α-hetero) is 1. The van der Waals surface area contributed by atoms with E-state index in [2.05, 4.69) is 0 Å². The maximum atomic E-state index is 12.8.